The summed E-state index contributed by atoms with van der Waals surface area (Å²) < 4.78 is 13.0. The summed E-state index contributed by atoms with van der Waals surface area (Å²) in [6.07, 6.45) is 0. The third-order valence-corrected chi connectivity index (χ3v) is 2.56. The van der Waals surface area contributed by atoms with Crippen LogP contribution in [0.2, 0.25) is 0 Å². The van der Waals surface area contributed by atoms with Crippen molar-refractivity contribution in [3.05, 3.63) is 24.0 Å². The Morgan fingerprint density at radius 1 is 1.53 bits per heavy atom. The molecule has 5 heteroatoms. The fraction of sp³-hybridized carbons (Fsp3) is 0.417. The molecule has 17 heavy (non-hydrogen) atoms. The number of nitrogen functional groups attached to an aromatic ring is 1. The van der Waals surface area contributed by atoms with E-state index in [1.54, 1.807) is 0 Å². The molecular weight excluding hydrogens is 221 g/mol. The molecule has 0 saturated carbocycles. The lowest BCUT2D eigenvalue weighted by Crippen LogP contribution is -2.34. The van der Waals surface area contributed by atoms with Crippen LogP contribution in [-0.4, -0.2) is 30.4 Å². The highest BCUT2D eigenvalue weighted by Gasteiger charge is 2.11. The second kappa shape index (κ2) is 5.63. The highest BCUT2D eigenvalue weighted by molar-refractivity contribution is 5.95. The van der Waals surface area contributed by atoms with E-state index in [-0.39, 0.29) is 18.5 Å². The van der Waals surface area contributed by atoms with Crippen LogP contribution >= 0.6 is 0 Å². The summed E-state index contributed by atoms with van der Waals surface area (Å²) in [6, 6.07) is 4.16. The topological polar surface area (TPSA) is 58.4 Å². The molecule has 0 unspecified atom stereocenters. The Bertz CT molecular complexity index is 407. The van der Waals surface area contributed by atoms with Gasteiger partial charge in [-0.25, -0.2) is 4.39 Å². The molecule has 4 nitrogen and oxygen atoms in total. The number of carbonyl (C=O) groups is 1. The zero-order valence-electron chi connectivity index (χ0n) is 10.3. The molecule has 3 N–H and O–H groups in total. The Morgan fingerprint density at radius 2 is 2.18 bits per heavy atom. The van der Waals surface area contributed by atoms with Crippen molar-refractivity contribution < 1.29 is 9.18 Å². The van der Waals surface area contributed by atoms with Gasteiger partial charge in [0.2, 0.25) is 5.91 Å². The highest BCUT2D eigenvalue weighted by Crippen LogP contribution is 2.18. The van der Waals surface area contributed by atoms with E-state index in [1.165, 1.54) is 18.2 Å². The fourth-order valence-electron chi connectivity index (χ4n) is 1.24. The van der Waals surface area contributed by atoms with Crippen LogP contribution in [0.1, 0.15) is 13.8 Å². The molecule has 0 aliphatic heterocycles. The SMILES string of the molecule is CC(C)N(C)CC(=O)Nc1cc(F)ccc1N. The molecule has 0 heterocycles. The van der Waals surface area contributed by atoms with Crippen LogP contribution in [0, 0.1) is 5.82 Å². The summed E-state index contributed by atoms with van der Waals surface area (Å²) in [5, 5.41) is 2.59. The molecule has 0 aliphatic rings. The number of likely N-dealkylation sites (N-methyl/N-ethyl adjacent to an activating group) is 1. The highest BCUT2D eigenvalue weighted by atomic mass is 19.1. The molecule has 0 atom stereocenters. The van der Waals surface area contributed by atoms with Crippen molar-refractivity contribution in [3.63, 3.8) is 0 Å². The molecule has 0 aromatic heterocycles. The van der Waals surface area contributed by atoms with Gasteiger partial charge in [-0.05, 0) is 39.1 Å². The summed E-state index contributed by atoms with van der Waals surface area (Å²) in [5.41, 5.74) is 6.30. The molecule has 0 saturated heterocycles. The van der Waals surface area contributed by atoms with Gasteiger partial charge in [-0.2, -0.15) is 0 Å². The van der Waals surface area contributed by atoms with Gasteiger partial charge in [0.15, 0.2) is 0 Å². The van der Waals surface area contributed by atoms with Crippen molar-refractivity contribution >= 4 is 17.3 Å². The standard InChI is InChI=1S/C12H18FN3O/c1-8(2)16(3)7-12(17)15-11-6-9(13)4-5-10(11)14/h4-6,8H,7,14H2,1-3H3,(H,15,17). The van der Waals surface area contributed by atoms with Gasteiger partial charge in [0.1, 0.15) is 5.82 Å². The lowest BCUT2D eigenvalue weighted by molar-refractivity contribution is -0.117. The largest absolute Gasteiger partial charge is 0.397 e. The molecule has 0 spiro atoms. The van der Waals surface area contributed by atoms with E-state index in [9.17, 15) is 9.18 Å². The van der Waals surface area contributed by atoms with E-state index in [4.69, 9.17) is 5.73 Å². The van der Waals surface area contributed by atoms with E-state index in [2.05, 4.69) is 5.32 Å². The van der Waals surface area contributed by atoms with Crippen LogP contribution in [0.25, 0.3) is 0 Å². The van der Waals surface area contributed by atoms with E-state index in [0.717, 1.165) is 0 Å². The zero-order valence-corrected chi connectivity index (χ0v) is 10.3. The Balaban J connectivity index is 2.65. The molecule has 1 aromatic rings. The molecule has 1 rings (SSSR count). The molecule has 0 bridgehead atoms. The van der Waals surface area contributed by atoms with Crippen molar-refractivity contribution in [2.24, 2.45) is 0 Å². The molecular formula is C12H18FN3O. The number of carbonyl (C=O) groups excluding carboxylic acids is 1. The number of nitrogens with two attached hydrogens (primary N) is 1. The quantitative estimate of drug-likeness (QED) is 0.786. The van der Waals surface area contributed by atoms with Crippen LogP contribution < -0.4 is 11.1 Å². The lowest BCUT2D eigenvalue weighted by Gasteiger charge is -2.20. The van der Waals surface area contributed by atoms with Gasteiger partial charge >= 0.3 is 0 Å². The van der Waals surface area contributed by atoms with Crippen molar-refractivity contribution in [2.45, 2.75) is 19.9 Å². The number of amides is 1. The zero-order chi connectivity index (χ0) is 13.0. The van der Waals surface area contributed by atoms with Gasteiger partial charge in [0, 0.05) is 6.04 Å². The maximum atomic E-state index is 13.0. The Labute approximate surface area is 101 Å². The monoisotopic (exact) mass is 239 g/mol. The second-order valence-electron chi connectivity index (χ2n) is 4.29. The number of hydrogen-bond acceptors (Lipinski definition) is 3. The van der Waals surface area contributed by atoms with Gasteiger partial charge in [-0.1, -0.05) is 0 Å². The number of rotatable bonds is 4. The number of halogens is 1. The number of nitrogens with zero attached hydrogens (tertiary/aromatic N) is 1. The Morgan fingerprint density at radius 3 is 2.76 bits per heavy atom. The minimum absolute atomic E-state index is 0.210. The molecule has 0 aliphatic carbocycles. The minimum atomic E-state index is -0.424. The molecule has 0 fully saturated rings. The summed E-state index contributed by atoms with van der Waals surface area (Å²) in [6.45, 7) is 4.22. The van der Waals surface area contributed by atoms with Crippen molar-refractivity contribution in [3.8, 4) is 0 Å². The van der Waals surface area contributed by atoms with E-state index >= 15 is 0 Å². The minimum Gasteiger partial charge on any atom is -0.397 e. The van der Waals surface area contributed by atoms with Gasteiger partial charge in [-0.3, -0.25) is 9.69 Å². The van der Waals surface area contributed by atoms with Gasteiger partial charge in [-0.15, -0.1) is 0 Å². The van der Waals surface area contributed by atoms with E-state index < -0.39 is 5.82 Å². The van der Waals surface area contributed by atoms with Crippen molar-refractivity contribution in [1.82, 2.24) is 4.90 Å². The molecule has 1 aromatic carbocycles. The first-order valence-corrected chi connectivity index (χ1v) is 5.45. The maximum Gasteiger partial charge on any atom is 0.238 e. The Hall–Kier alpha value is -1.62. The predicted molar refractivity (Wildman–Crippen MR) is 67.2 cm³/mol. The number of anilines is 2. The van der Waals surface area contributed by atoms with Gasteiger partial charge in [0.05, 0.1) is 17.9 Å². The first-order valence-electron chi connectivity index (χ1n) is 5.45. The third-order valence-electron chi connectivity index (χ3n) is 2.56. The lowest BCUT2D eigenvalue weighted by atomic mass is 10.2. The number of nitrogens with one attached hydrogen (secondary N) is 1. The average Bonchev–Trinajstić information content (AvgIpc) is 2.23. The summed E-state index contributed by atoms with van der Waals surface area (Å²) in [5.74, 6) is -0.634. The normalized spacial score (nSPS) is 10.9. The van der Waals surface area contributed by atoms with Crippen molar-refractivity contribution in [1.29, 1.82) is 0 Å². The molecule has 1 amide bonds. The predicted octanol–water partition coefficient (Wildman–Crippen LogP) is 1.69. The number of hydrogen-bond donors (Lipinski definition) is 2. The average molecular weight is 239 g/mol. The first kappa shape index (κ1) is 13.4. The van der Waals surface area contributed by atoms with Crippen LogP contribution in [0.4, 0.5) is 15.8 Å². The summed E-state index contributed by atoms with van der Waals surface area (Å²) in [4.78, 5) is 13.5. The van der Waals surface area contributed by atoms with Gasteiger partial charge in [0.25, 0.3) is 0 Å². The fourth-order valence-corrected chi connectivity index (χ4v) is 1.24. The third kappa shape index (κ3) is 4.03. The van der Waals surface area contributed by atoms with E-state index in [0.29, 0.717) is 11.4 Å². The van der Waals surface area contributed by atoms with Crippen LogP contribution in [0.15, 0.2) is 18.2 Å². The number of benzene rings is 1. The van der Waals surface area contributed by atoms with Crippen molar-refractivity contribution in [2.75, 3.05) is 24.6 Å². The summed E-state index contributed by atoms with van der Waals surface area (Å²) >= 11 is 0. The maximum absolute atomic E-state index is 13.0. The summed E-state index contributed by atoms with van der Waals surface area (Å²) in [7, 11) is 1.85. The Kier molecular flexibility index (Phi) is 4.45. The van der Waals surface area contributed by atoms with Gasteiger partial charge < -0.3 is 11.1 Å². The smallest absolute Gasteiger partial charge is 0.238 e. The second-order valence-corrected chi connectivity index (χ2v) is 4.29. The van der Waals surface area contributed by atoms with Crippen LogP contribution in [0.5, 0.6) is 0 Å². The van der Waals surface area contributed by atoms with Crippen LogP contribution in [-0.2, 0) is 4.79 Å². The van der Waals surface area contributed by atoms with E-state index in [1.807, 2.05) is 25.8 Å². The molecule has 94 valence electrons. The van der Waals surface area contributed by atoms with Crippen LogP contribution in [0.3, 0.4) is 0 Å². The first-order chi connectivity index (χ1) is 7.90. The molecule has 0 radical (unpaired) electrons.